The molecule has 1 heterocycles. The molecule has 0 saturated heterocycles. The minimum absolute atomic E-state index is 0.150. The van der Waals surface area contributed by atoms with Crippen LogP contribution in [0.4, 0.5) is 10.1 Å². The van der Waals surface area contributed by atoms with Crippen molar-refractivity contribution in [3.8, 4) is 6.07 Å². The molecule has 1 aromatic heterocycles. The van der Waals surface area contributed by atoms with E-state index in [-0.39, 0.29) is 17.6 Å². The minimum Gasteiger partial charge on any atom is -0.345 e. The molecule has 1 aliphatic carbocycles. The highest BCUT2D eigenvalue weighted by Gasteiger charge is 2.33. The molecule has 1 fully saturated rings. The molecule has 0 radical (unpaired) electrons. The maximum Gasteiger partial charge on any atom is 0.272 e. The molecule has 1 atom stereocenters. The fraction of sp³-hybridized carbons (Fsp3) is 0.417. The summed E-state index contributed by atoms with van der Waals surface area (Å²) < 4.78 is 36.1. The number of thiol groups is 1. The Hall–Kier alpha value is -2.80. The van der Waals surface area contributed by atoms with Gasteiger partial charge < -0.3 is 9.88 Å². The standard InChI is InChI=1S/C24H32FN5O2S/c1-6-18(11-15(2)3)28-33(32,29-19-7-8-19)22-14-30(5)23(16(22)4)24(31)27-20-9-10-21(25)17(12-20)13-26/h6,9-10,12,14-15,18-19,33H,1,7-8,11H2,2-5H3,(H,27,31)(H2,28,29,32)/t18-/m1/s1. The average Bonchev–Trinajstić information content (AvgIpc) is 3.50. The van der Waals surface area contributed by atoms with Crippen molar-refractivity contribution < 1.29 is 13.4 Å². The Kier molecular flexibility index (Phi) is 7.52. The summed E-state index contributed by atoms with van der Waals surface area (Å²) in [6, 6.07) is 5.61. The van der Waals surface area contributed by atoms with Crippen molar-refractivity contribution in [3.63, 3.8) is 0 Å². The predicted molar refractivity (Wildman–Crippen MR) is 130 cm³/mol. The SMILES string of the molecule is C=C[C@H](CC(C)C)N[SH](=O)(NC1CC1)c1cn(C)c(C(=O)Nc2ccc(F)c(C#N)c2)c1C. The van der Waals surface area contributed by atoms with Crippen LogP contribution in [0.1, 0.15) is 54.7 Å². The molecule has 7 nitrogen and oxygen atoms in total. The largest absolute Gasteiger partial charge is 0.345 e. The zero-order valence-electron chi connectivity index (χ0n) is 19.5. The van der Waals surface area contributed by atoms with Gasteiger partial charge in [-0.1, -0.05) is 19.9 Å². The Morgan fingerprint density at radius 3 is 2.70 bits per heavy atom. The summed E-state index contributed by atoms with van der Waals surface area (Å²) in [6.45, 7) is 9.86. The predicted octanol–water partition coefficient (Wildman–Crippen LogP) is 3.74. The van der Waals surface area contributed by atoms with Crippen LogP contribution in [0.25, 0.3) is 0 Å². The molecular weight excluding hydrogens is 441 g/mol. The summed E-state index contributed by atoms with van der Waals surface area (Å²) in [7, 11) is -1.52. The summed E-state index contributed by atoms with van der Waals surface area (Å²) in [6.07, 6.45) is 6.19. The number of nitriles is 1. The van der Waals surface area contributed by atoms with E-state index in [4.69, 9.17) is 5.26 Å². The second-order valence-electron chi connectivity index (χ2n) is 8.97. The highest BCUT2D eigenvalue weighted by molar-refractivity contribution is 7.99. The van der Waals surface area contributed by atoms with Crippen LogP contribution in [-0.4, -0.2) is 26.8 Å². The van der Waals surface area contributed by atoms with Crippen molar-refractivity contribution >= 4 is 21.9 Å². The highest BCUT2D eigenvalue weighted by atomic mass is 32.3. The van der Waals surface area contributed by atoms with Crippen LogP contribution in [0.3, 0.4) is 0 Å². The number of carbonyl (C=O) groups is 1. The van der Waals surface area contributed by atoms with E-state index < -0.39 is 22.0 Å². The van der Waals surface area contributed by atoms with Gasteiger partial charge in [-0.2, -0.15) is 5.26 Å². The number of nitrogens with one attached hydrogen (secondary N) is 3. The van der Waals surface area contributed by atoms with E-state index in [1.54, 1.807) is 36.9 Å². The molecule has 33 heavy (non-hydrogen) atoms. The molecule has 9 heteroatoms. The van der Waals surface area contributed by atoms with E-state index in [9.17, 15) is 13.4 Å². The van der Waals surface area contributed by atoms with Crippen LogP contribution in [0.15, 0.2) is 41.9 Å². The van der Waals surface area contributed by atoms with Crippen LogP contribution in [0.2, 0.25) is 0 Å². The van der Waals surface area contributed by atoms with Gasteiger partial charge in [0.1, 0.15) is 17.6 Å². The Balaban J connectivity index is 1.93. The zero-order chi connectivity index (χ0) is 24.3. The van der Waals surface area contributed by atoms with Crippen LogP contribution >= 0.6 is 0 Å². The van der Waals surface area contributed by atoms with Crippen molar-refractivity contribution in [1.82, 2.24) is 14.0 Å². The number of rotatable bonds is 10. The lowest BCUT2D eigenvalue weighted by Gasteiger charge is -2.31. The van der Waals surface area contributed by atoms with E-state index in [2.05, 4.69) is 35.2 Å². The molecule has 0 spiro atoms. The molecule has 3 rings (SSSR count). The maximum atomic E-state index is 14.2. The number of aryl methyl sites for hydroxylation is 1. The zero-order valence-corrected chi connectivity index (χ0v) is 20.4. The third kappa shape index (κ3) is 5.77. The van der Waals surface area contributed by atoms with Gasteiger partial charge in [0.05, 0.1) is 10.5 Å². The third-order valence-corrected chi connectivity index (χ3v) is 8.16. The van der Waals surface area contributed by atoms with Gasteiger partial charge in [0, 0.05) is 41.3 Å². The molecule has 1 aromatic carbocycles. The number of carbonyl (C=O) groups excluding carboxylic acids is 1. The molecule has 0 bridgehead atoms. The number of benzene rings is 1. The minimum atomic E-state index is -3.24. The highest BCUT2D eigenvalue weighted by Crippen LogP contribution is 2.30. The van der Waals surface area contributed by atoms with Crippen LogP contribution < -0.4 is 14.8 Å². The molecule has 3 N–H and O–H groups in total. The normalized spacial score (nSPS) is 15.2. The van der Waals surface area contributed by atoms with E-state index in [0.29, 0.717) is 27.8 Å². The van der Waals surface area contributed by atoms with Crippen LogP contribution in [-0.2, 0) is 17.4 Å². The first-order chi connectivity index (χ1) is 15.6. The van der Waals surface area contributed by atoms with Gasteiger partial charge >= 0.3 is 0 Å². The van der Waals surface area contributed by atoms with Gasteiger partial charge in [-0.25, -0.2) is 13.8 Å². The third-order valence-electron chi connectivity index (χ3n) is 5.61. The van der Waals surface area contributed by atoms with E-state index >= 15 is 0 Å². The van der Waals surface area contributed by atoms with Gasteiger partial charge in [0.15, 0.2) is 0 Å². The Labute approximate surface area is 195 Å². The lowest BCUT2D eigenvalue weighted by Crippen LogP contribution is -2.49. The number of aromatic nitrogens is 1. The Bertz CT molecular complexity index is 1150. The smallest absolute Gasteiger partial charge is 0.272 e. The van der Waals surface area contributed by atoms with Gasteiger partial charge in [0.25, 0.3) is 5.91 Å². The van der Waals surface area contributed by atoms with Crippen molar-refractivity contribution in [2.75, 3.05) is 5.32 Å². The lowest BCUT2D eigenvalue weighted by molar-refractivity contribution is 0.101. The van der Waals surface area contributed by atoms with E-state index in [1.807, 2.05) is 0 Å². The second-order valence-corrected chi connectivity index (χ2v) is 11.2. The second kappa shape index (κ2) is 10.00. The molecule has 1 aliphatic rings. The van der Waals surface area contributed by atoms with Gasteiger partial charge in [-0.15, -0.1) is 6.58 Å². The number of hydrogen-bond acceptors (Lipinski definition) is 3. The molecule has 0 unspecified atom stereocenters. The van der Waals surface area contributed by atoms with E-state index in [1.165, 1.54) is 12.1 Å². The van der Waals surface area contributed by atoms with Crippen molar-refractivity contribution in [1.29, 1.82) is 5.26 Å². The summed E-state index contributed by atoms with van der Waals surface area (Å²) in [4.78, 5) is 13.6. The van der Waals surface area contributed by atoms with Crippen LogP contribution in [0.5, 0.6) is 0 Å². The monoisotopic (exact) mass is 473 g/mol. The van der Waals surface area contributed by atoms with Gasteiger partial charge in [0.2, 0.25) is 0 Å². The first-order valence-corrected chi connectivity index (χ1v) is 12.7. The quantitative estimate of drug-likeness (QED) is 0.312. The Morgan fingerprint density at radius 2 is 2.12 bits per heavy atom. The lowest BCUT2D eigenvalue weighted by atomic mass is 10.1. The molecular formula is C24H32FN5O2S. The summed E-state index contributed by atoms with van der Waals surface area (Å²) >= 11 is 0. The molecule has 0 aliphatic heterocycles. The van der Waals surface area contributed by atoms with Crippen molar-refractivity contribution in [2.24, 2.45) is 13.0 Å². The summed E-state index contributed by atoms with van der Waals surface area (Å²) in [5, 5.41) is 11.8. The first kappa shape index (κ1) is 24.8. The first-order valence-electron chi connectivity index (χ1n) is 11.0. The topological polar surface area (TPSA) is 98.9 Å². The maximum absolute atomic E-state index is 14.2. The fourth-order valence-corrected chi connectivity index (χ4v) is 6.56. The Morgan fingerprint density at radius 1 is 1.42 bits per heavy atom. The fourth-order valence-electron chi connectivity index (χ4n) is 3.85. The summed E-state index contributed by atoms with van der Waals surface area (Å²) in [5.41, 5.74) is 1.08. The van der Waals surface area contributed by atoms with E-state index in [0.717, 1.165) is 25.3 Å². The molecule has 1 saturated carbocycles. The number of nitrogens with zero attached hydrogens (tertiary/aromatic N) is 2. The molecule has 178 valence electrons. The van der Waals surface area contributed by atoms with Crippen molar-refractivity contribution in [3.05, 3.63) is 59.7 Å². The molecule has 1 amide bonds. The summed E-state index contributed by atoms with van der Waals surface area (Å²) in [5.74, 6) is -0.691. The average molecular weight is 474 g/mol. The van der Waals surface area contributed by atoms with Crippen LogP contribution in [0, 0.1) is 30.0 Å². The number of hydrogen-bond donors (Lipinski definition) is 4. The van der Waals surface area contributed by atoms with Gasteiger partial charge in [-0.05, 0) is 55.9 Å². The molecule has 2 aromatic rings. The number of anilines is 1. The van der Waals surface area contributed by atoms with Crippen molar-refractivity contribution in [2.45, 2.75) is 57.0 Å². The number of halogens is 1. The van der Waals surface area contributed by atoms with Gasteiger partial charge in [-0.3, -0.25) is 9.00 Å². The number of amides is 1.